The van der Waals surface area contributed by atoms with Gasteiger partial charge >= 0.3 is 0 Å². The second-order valence-corrected chi connectivity index (χ2v) is 7.52. The fourth-order valence-electron chi connectivity index (χ4n) is 0.986. The van der Waals surface area contributed by atoms with E-state index in [1.807, 2.05) is 6.92 Å². The molecule has 1 atom stereocenters. The molecule has 0 saturated carbocycles. The van der Waals surface area contributed by atoms with Gasteiger partial charge in [0.2, 0.25) is 0 Å². The van der Waals surface area contributed by atoms with Gasteiger partial charge in [-0.25, -0.2) is 0 Å². The lowest BCUT2D eigenvalue weighted by Gasteiger charge is -2.21. The Labute approximate surface area is 116 Å². The van der Waals surface area contributed by atoms with Crippen molar-refractivity contribution < 1.29 is 9.90 Å². The van der Waals surface area contributed by atoms with Crippen molar-refractivity contribution in [3.05, 3.63) is 19.2 Å². The number of nitrogens with one attached hydrogen (secondary N) is 1. The number of carbonyl (C=O) groups is 1. The minimum absolute atomic E-state index is 0.178. The summed E-state index contributed by atoms with van der Waals surface area (Å²) in [6.07, 6.45) is 0.599. The lowest BCUT2D eigenvalue weighted by Crippen LogP contribution is -2.40. The minimum Gasteiger partial charge on any atom is -0.388 e. The lowest BCUT2D eigenvalue weighted by atomic mass is 10.0. The summed E-state index contributed by atoms with van der Waals surface area (Å²) in [6, 6.07) is 1.75. The number of thiophene rings is 1. The summed E-state index contributed by atoms with van der Waals surface area (Å²) in [5.41, 5.74) is -0.265. The summed E-state index contributed by atoms with van der Waals surface area (Å²) >= 11 is 8.08. The maximum Gasteiger partial charge on any atom is 0.253 e. The molecule has 2 N–H and O–H groups in total. The van der Waals surface area contributed by atoms with E-state index in [0.29, 0.717) is 12.0 Å². The Morgan fingerprint density at radius 2 is 2.25 bits per heavy atom. The topological polar surface area (TPSA) is 49.3 Å². The summed E-state index contributed by atoms with van der Waals surface area (Å²) in [5, 5.41) is 12.5. The van der Waals surface area contributed by atoms with Crippen molar-refractivity contribution in [2.24, 2.45) is 0 Å². The van der Waals surface area contributed by atoms with Gasteiger partial charge in [0.05, 0.1) is 18.7 Å². The molecule has 1 amide bonds. The zero-order chi connectivity index (χ0) is 12.3. The largest absolute Gasteiger partial charge is 0.388 e. The van der Waals surface area contributed by atoms with Crippen molar-refractivity contribution in [1.82, 2.24) is 5.32 Å². The predicted octanol–water partition coefficient (Wildman–Crippen LogP) is 3.16. The molecule has 1 aromatic rings. The Morgan fingerprint density at radius 1 is 1.62 bits per heavy atom. The van der Waals surface area contributed by atoms with Crippen molar-refractivity contribution in [2.45, 2.75) is 25.9 Å². The summed E-state index contributed by atoms with van der Waals surface area (Å²) in [4.78, 5) is 11.8. The molecule has 0 bridgehead atoms. The number of amides is 1. The maximum atomic E-state index is 11.8. The van der Waals surface area contributed by atoms with Gasteiger partial charge in [-0.15, -0.1) is 11.3 Å². The highest BCUT2D eigenvalue weighted by Gasteiger charge is 2.20. The average molecular weight is 371 g/mol. The predicted molar refractivity (Wildman–Crippen MR) is 73.0 cm³/mol. The van der Waals surface area contributed by atoms with Crippen LogP contribution in [0.15, 0.2) is 13.6 Å². The van der Waals surface area contributed by atoms with Gasteiger partial charge in [-0.2, -0.15) is 0 Å². The van der Waals surface area contributed by atoms with Gasteiger partial charge in [0.1, 0.15) is 0 Å². The van der Waals surface area contributed by atoms with E-state index in [-0.39, 0.29) is 12.5 Å². The molecular weight excluding hydrogens is 358 g/mol. The van der Waals surface area contributed by atoms with E-state index in [1.54, 1.807) is 13.0 Å². The molecule has 0 aliphatic heterocycles. The molecule has 1 heterocycles. The Balaban J connectivity index is 2.63. The molecule has 6 heteroatoms. The van der Waals surface area contributed by atoms with Crippen LogP contribution in [-0.2, 0) is 0 Å². The van der Waals surface area contributed by atoms with E-state index in [9.17, 15) is 9.90 Å². The third-order valence-corrected chi connectivity index (χ3v) is 4.63. The highest BCUT2D eigenvalue weighted by molar-refractivity contribution is 9.12. The van der Waals surface area contributed by atoms with Crippen molar-refractivity contribution >= 4 is 49.1 Å². The zero-order valence-electron chi connectivity index (χ0n) is 9.01. The Bertz CT molecular complexity index is 390. The third-order valence-electron chi connectivity index (χ3n) is 2.29. The Kier molecular flexibility index (Phi) is 4.97. The second kappa shape index (κ2) is 5.62. The first-order chi connectivity index (χ1) is 7.35. The van der Waals surface area contributed by atoms with Crippen LogP contribution in [0.5, 0.6) is 0 Å². The number of hydrogen-bond acceptors (Lipinski definition) is 3. The number of hydrogen-bond donors (Lipinski definition) is 2. The van der Waals surface area contributed by atoms with Crippen molar-refractivity contribution in [1.29, 1.82) is 0 Å². The maximum absolute atomic E-state index is 11.8. The molecule has 1 unspecified atom stereocenters. The highest BCUT2D eigenvalue weighted by Crippen LogP contribution is 2.31. The van der Waals surface area contributed by atoms with Crippen molar-refractivity contribution in [3.63, 3.8) is 0 Å². The van der Waals surface area contributed by atoms with Crippen LogP contribution in [-0.4, -0.2) is 23.2 Å². The van der Waals surface area contributed by atoms with Crippen LogP contribution < -0.4 is 5.32 Å². The monoisotopic (exact) mass is 369 g/mol. The van der Waals surface area contributed by atoms with E-state index in [4.69, 9.17) is 0 Å². The van der Waals surface area contributed by atoms with Gasteiger partial charge in [0.25, 0.3) is 5.91 Å². The van der Waals surface area contributed by atoms with Crippen LogP contribution in [0, 0.1) is 0 Å². The summed E-state index contributed by atoms with van der Waals surface area (Å²) in [6.45, 7) is 3.83. The SMILES string of the molecule is CCC(C)(O)CNC(=O)c1cc(Br)sc1Br. The van der Waals surface area contributed by atoms with Crippen LogP contribution in [0.4, 0.5) is 0 Å². The highest BCUT2D eigenvalue weighted by atomic mass is 79.9. The molecule has 0 fully saturated rings. The smallest absolute Gasteiger partial charge is 0.253 e. The van der Waals surface area contributed by atoms with E-state index in [0.717, 1.165) is 7.57 Å². The third kappa shape index (κ3) is 3.84. The fraction of sp³-hybridized carbons (Fsp3) is 0.500. The molecule has 1 rings (SSSR count). The summed E-state index contributed by atoms with van der Waals surface area (Å²) in [7, 11) is 0. The quantitative estimate of drug-likeness (QED) is 0.855. The van der Waals surface area contributed by atoms with E-state index in [1.165, 1.54) is 11.3 Å². The molecule has 3 nitrogen and oxygen atoms in total. The van der Waals surface area contributed by atoms with Crippen molar-refractivity contribution in [3.8, 4) is 0 Å². The van der Waals surface area contributed by atoms with Gasteiger partial charge in [0, 0.05) is 6.54 Å². The molecule has 0 saturated heterocycles. The van der Waals surface area contributed by atoms with Crippen LogP contribution in [0.2, 0.25) is 0 Å². The van der Waals surface area contributed by atoms with Gasteiger partial charge < -0.3 is 10.4 Å². The van der Waals surface area contributed by atoms with E-state index >= 15 is 0 Å². The van der Waals surface area contributed by atoms with Crippen molar-refractivity contribution in [2.75, 3.05) is 6.54 Å². The first-order valence-corrected chi connectivity index (χ1v) is 7.21. The number of rotatable bonds is 4. The molecular formula is C10H13Br2NO2S. The minimum atomic E-state index is -0.852. The average Bonchev–Trinajstić information content (AvgIpc) is 2.54. The van der Waals surface area contributed by atoms with Crippen LogP contribution in [0.1, 0.15) is 30.6 Å². The number of halogens is 2. The van der Waals surface area contributed by atoms with Crippen LogP contribution in [0.3, 0.4) is 0 Å². The number of aliphatic hydroxyl groups is 1. The zero-order valence-corrected chi connectivity index (χ0v) is 13.0. The van der Waals surface area contributed by atoms with Crippen LogP contribution in [0.25, 0.3) is 0 Å². The van der Waals surface area contributed by atoms with Crippen LogP contribution >= 0.6 is 43.2 Å². The molecule has 0 spiro atoms. The second-order valence-electron chi connectivity index (χ2n) is 3.77. The molecule has 0 radical (unpaired) electrons. The molecule has 16 heavy (non-hydrogen) atoms. The first kappa shape index (κ1) is 14.2. The lowest BCUT2D eigenvalue weighted by molar-refractivity contribution is 0.0518. The van der Waals surface area contributed by atoms with Gasteiger partial charge in [0.15, 0.2) is 0 Å². The molecule has 0 aliphatic carbocycles. The standard InChI is InChI=1S/C10H13Br2NO2S/c1-3-10(2,15)5-13-9(14)6-4-7(11)16-8(6)12/h4,15H,3,5H2,1-2H3,(H,13,14). The number of carbonyl (C=O) groups excluding carboxylic acids is 1. The summed E-state index contributed by atoms with van der Waals surface area (Å²) < 4.78 is 1.68. The first-order valence-electron chi connectivity index (χ1n) is 4.81. The molecule has 0 aliphatic rings. The molecule has 0 aromatic carbocycles. The van der Waals surface area contributed by atoms with Gasteiger partial charge in [-0.3, -0.25) is 4.79 Å². The Hall–Kier alpha value is 0.0900. The van der Waals surface area contributed by atoms with E-state index in [2.05, 4.69) is 37.2 Å². The normalized spacial score (nSPS) is 14.6. The molecule has 1 aromatic heterocycles. The van der Waals surface area contributed by atoms with Gasteiger partial charge in [-0.05, 0) is 51.3 Å². The summed E-state index contributed by atoms with van der Waals surface area (Å²) in [5.74, 6) is -0.178. The molecule has 90 valence electrons. The van der Waals surface area contributed by atoms with E-state index < -0.39 is 5.60 Å². The van der Waals surface area contributed by atoms with Gasteiger partial charge in [-0.1, -0.05) is 6.92 Å². The fourth-order valence-corrected chi connectivity index (χ4v) is 3.78. The Morgan fingerprint density at radius 3 is 2.69 bits per heavy atom.